The summed E-state index contributed by atoms with van der Waals surface area (Å²) in [7, 11) is 0. The molecule has 0 aliphatic heterocycles. The number of benzene rings is 1. The second-order valence-electron chi connectivity index (χ2n) is 7.82. The Morgan fingerprint density at radius 1 is 1.25 bits per heavy atom. The first kappa shape index (κ1) is 25.5. The van der Waals surface area contributed by atoms with Gasteiger partial charge in [-0.25, -0.2) is 0 Å². The largest absolute Gasteiger partial charge is 0.481 e. The van der Waals surface area contributed by atoms with Crippen LogP contribution in [0.5, 0.6) is 5.75 Å². The number of esters is 1. The van der Waals surface area contributed by atoms with Crippen molar-refractivity contribution in [3.05, 3.63) is 41.3 Å². The maximum atomic E-state index is 12.6. The molecule has 0 saturated heterocycles. The predicted molar refractivity (Wildman–Crippen MR) is 127 cm³/mol. The molecule has 0 spiro atoms. The monoisotopic (exact) mass is 460 g/mol. The Bertz CT molecular complexity index is 945. The highest BCUT2D eigenvalue weighted by Gasteiger charge is 2.22. The van der Waals surface area contributed by atoms with Gasteiger partial charge in [-0.1, -0.05) is 18.2 Å². The summed E-state index contributed by atoms with van der Waals surface area (Å²) >= 11 is 1.42. The van der Waals surface area contributed by atoms with Crippen LogP contribution in [0.15, 0.2) is 35.7 Å². The van der Waals surface area contributed by atoms with Crippen LogP contribution in [0.3, 0.4) is 0 Å². The zero-order valence-corrected chi connectivity index (χ0v) is 19.5. The van der Waals surface area contributed by atoms with Crippen molar-refractivity contribution < 1.29 is 24.2 Å². The van der Waals surface area contributed by atoms with Crippen LogP contribution in [0, 0.1) is 0 Å². The first-order valence-corrected chi connectivity index (χ1v) is 11.8. The summed E-state index contributed by atoms with van der Waals surface area (Å²) in [5.74, 6) is -0.638. The molecule has 0 radical (unpaired) electrons. The highest BCUT2D eigenvalue weighted by Crippen LogP contribution is 2.34. The number of carboxylic acids is 1. The molecular formula is C24H32N2O5S. The molecule has 1 aliphatic rings. The number of hydrogen-bond donors (Lipinski definition) is 3. The van der Waals surface area contributed by atoms with Gasteiger partial charge in [0, 0.05) is 36.2 Å². The van der Waals surface area contributed by atoms with E-state index in [2.05, 4.69) is 5.32 Å². The molecule has 32 heavy (non-hydrogen) atoms. The Morgan fingerprint density at radius 3 is 2.59 bits per heavy atom. The van der Waals surface area contributed by atoms with Gasteiger partial charge in [0.25, 0.3) is 5.91 Å². The molecule has 0 unspecified atom stereocenters. The third kappa shape index (κ3) is 8.09. The molecule has 1 heterocycles. The first-order valence-electron chi connectivity index (χ1n) is 10.9. The van der Waals surface area contributed by atoms with Gasteiger partial charge in [0.1, 0.15) is 5.75 Å². The number of carboxylic acid groups (broad SMARTS) is 1. The number of nitrogens with one attached hydrogen (secondary N) is 1. The molecule has 1 saturated carbocycles. The minimum atomic E-state index is -0.709. The SMILES string of the molecule is C/C=C\CCCC(=O)O.CC(=O)Oc1csc2c(C(=O)NC3CCC(N)CC3)cccc12. The Labute approximate surface area is 192 Å². The van der Waals surface area contributed by atoms with Gasteiger partial charge in [-0.3, -0.25) is 14.4 Å². The van der Waals surface area contributed by atoms with Crippen LogP contribution in [-0.2, 0) is 9.59 Å². The Balaban J connectivity index is 0.000000344. The number of unbranched alkanes of at least 4 members (excludes halogenated alkanes) is 1. The molecule has 1 aromatic heterocycles. The van der Waals surface area contributed by atoms with Gasteiger partial charge in [-0.2, -0.15) is 0 Å². The molecule has 2 aromatic rings. The Morgan fingerprint density at radius 2 is 1.97 bits per heavy atom. The van der Waals surface area contributed by atoms with Gasteiger partial charge in [-0.05, 0) is 57.6 Å². The predicted octanol–water partition coefficient (Wildman–Crippen LogP) is 4.64. The number of aliphatic carboxylic acids is 1. The highest BCUT2D eigenvalue weighted by molar-refractivity contribution is 7.18. The molecule has 8 heteroatoms. The summed E-state index contributed by atoms with van der Waals surface area (Å²) in [4.78, 5) is 33.7. The molecule has 1 fully saturated rings. The molecule has 1 amide bonds. The number of amides is 1. The summed E-state index contributed by atoms with van der Waals surface area (Å²) in [5.41, 5.74) is 6.53. The number of carbonyl (C=O) groups is 3. The van der Waals surface area contributed by atoms with Crippen molar-refractivity contribution in [1.29, 1.82) is 0 Å². The summed E-state index contributed by atoms with van der Waals surface area (Å²) in [6.45, 7) is 3.30. The first-order chi connectivity index (χ1) is 15.3. The fourth-order valence-corrected chi connectivity index (χ4v) is 4.49. The van der Waals surface area contributed by atoms with Crippen molar-refractivity contribution in [3.8, 4) is 5.75 Å². The van der Waals surface area contributed by atoms with Crippen molar-refractivity contribution in [3.63, 3.8) is 0 Å². The van der Waals surface area contributed by atoms with Gasteiger partial charge in [-0.15, -0.1) is 11.3 Å². The maximum Gasteiger partial charge on any atom is 0.308 e. The standard InChI is InChI=1S/C17H20N2O3S.C7H12O2/c1-10(20)22-15-9-23-16-13(15)3-2-4-14(16)17(21)19-12-7-5-11(18)6-8-12;1-2-3-4-5-6-7(8)9/h2-4,9,11-12H,5-8,18H2,1H3,(H,19,21);2-3H,4-6H2,1H3,(H,8,9)/b;3-2-. The lowest BCUT2D eigenvalue weighted by atomic mass is 9.91. The minimum absolute atomic E-state index is 0.0766. The number of allylic oxidation sites excluding steroid dienone is 2. The second kappa shape index (κ2) is 13.0. The van der Waals surface area contributed by atoms with Crippen LogP contribution in [0.4, 0.5) is 0 Å². The van der Waals surface area contributed by atoms with Crippen LogP contribution in [0.25, 0.3) is 10.1 Å². The van der Waals surface area contributed by atoms with E-state index in [1.165, 1.54) is 18.3 Å². The van der Waals surface area contributed by atoms with Crippen LogP contribution in [-0.4, -0.2) is 35.0 Å². The lowest BCUT2D eigenvalue weighted by Crippen LogP contribution is -2.40. The molecule has 3 rings (SSSR count). The van der Waals surface area contributed by atoms with E-state index < -0.39 is 5.97 Å². The normalized spacial score (nSPS) is 18.1. The highest BCUT2D eigenvalue weighted by atomic mass is 32.1. The molecule has 4 N–H and O–H groups in total. The Hall–Kier alpha value is -2.71. The second-order valence-corrected chi connectivity index (χ2v) is 8.70. The fourth-order valence-electron chi connectivity index (χ4n) is 3.51. The van der Waals surface area contributed by atoms with Gasteiger partial charge >= 0.3 is 11.9 Å². The van der Waals surface area contributed by atoms with E-state index >= 15 is 0 Å². The summed E-state index contributed by atoms with van der Waals surface area (Å²) in [6.07, 6.45) is 9.56. The van der Waals surface area contributed by atoms with Gasteiger partial charge < -0.3 is 20.9 Å². The van der Waals surface area contributed by atoms with Gasteiger partial charge in [0.15, 0.2) is 0 Å². The van der Waals surface area contributed by atoms with Gasteiger partial charge in [0.2, 0.25) is 0 Å². The summed E-state index contributed by atoms with van der Waals surface area (Å²) in [6, 6.07) is 5.93. The fraction of sp³-hybridized carbons (Fsp3) is 0.458. The van der Waals surface area contributed by atoms with Crippen LogP contribution in [0.2, 0.25) is 0 Å². The van der Waals surface area contributed by atoms with Crippen LogP contribution < -0.4 is 15.8 Å². The number of nitrogens with two attached hydrogens (primary N) is 1. The van der Waals surface area contributed by atoms with Crippen LogP contribution >= 0.6 is 11.3 Å². The maximum absolute atomic E-state index is 12.6. The summed E-state index contributed by atoms with van der Waals surface area (Å²) < 4.78 is 6.03. The third-order valence-electron chi connectivity index (χ3n) is 5.17. The smallest absolute Gasteiger partial charge is 0.308 e. The number of ether oxygens (including phenoxy) is 1. The van der Waals surface area contributed by atoms with Crippen molar-refractivity contribution >= 4 is 39.3 Å². The number of carbonyl (C=O) groups excluding carboxylic acids is 2. The van der Waals surface area contributed by atoms with E-state index in [0.717, 1.165) is 48.6 Å². The van der Waals surface area contributed by atoms with E-state index in [1.54, 1.807) is 11.4 Å². The number of thiophene rings is 1. The molecule has 174 valence electrons. The topological polar surface area (TPSA) is 119 Å². The van der Waals surface area contributed by atoms with E-state index in [4.69, 9.17) is 15.6 Å². The molecular weight excluding hydrogens is 428 g/mol. The molecule has 7 nitrogen and oxygen atoms in total. The Kier molecular flexibility index (Phi) is 10.4. The molecule has 1 aromatic carbocycles. The average Bonchev–Trinajstić information content (AvgIpc) is 3.15. The summed E-state index contributed by atoms with van der Waals surface area (Å²) in [5, 5.41) is 13.9. The lowest BCUT2D eigenvalue weighted by molar-refractivity contribution is -0.137. The zero-order chi connectivity index (χ0) is 23.5. The average molecular weight is 461 g/mol. The van der Waals surface area contributed by atoms with Crippen molar-refractivity contribution in [2.45, 2.75) is 70.9 Å². The van der Waals surface area contributed by atoms with Crippen molar-refractivity contribution in [2.24, 2.45) is 5.73 Å². The minimum Gasteiger partial charge on any atom is -0.481 e. The zero-order valence-electron chi connectivity index (χ0n) is 18.6. The van der Waals surface area contributed by atoms with E-state index in [9.17, 15) is 14.4 Å². The molecule has 1 aliphatic carbocycles. The van der Waals surface area contributed by atoms with E-state index in [0.29, 0.717) is 11.3 Å². The third-order valence-corrected chi connectivity index (χ3v) is 6.17. The van der Waals surface area contributed by atoms with Crippen molar-refractivity contribution in [1.82, 2.24) is 5.32 Å². The number of rotatable bonds is 7. The number of fused-ring (bicyclic) bond motifs is 1. The van der Waals surface area contributed by atoms with Crippen molar-refractivity contribution in [2.75, 3.05) is 0 Å². The molecule has 0 atom stereocenters. The lowest BCUT2D eigenvalue weighted by Gasteiger charge is -2.26. The number of hydrogen-bond acceptors (Lipinski definition) is 6. The van der Waals surface area contributed by atoms with E-state index in [1.807, 2.05) is 31.2 Å². The molecule has 0 bridgehead atoms. The van der Waals surface area contributed by atoms with E-state index in [-0.39, 0.29) is 30.4 Å². The quantitative estimate of drug-likeness (QED) is 0.315. The van der Waals surface area contributed by atoms with Gasteiger partial charge in [0.05, 0.1) is 10.3 Å². The van der Waals surface area contributed by atoms with Crippen LogP contribution in [0.1, 0.15) is 69.2 Å².